The summed E-state index contributed by atoms with van der Waals surface area (Å²) in [6.07, 6.45) is 0. The quantitative estimate of drug-likeness (QED) is 0.189. The Kier molecular flexibility index (Phi) is 8.15. The van der Waals surface area contributed by atoms with Crippen molar-refractivity contribution in [2.45, 2.75) is 31.8 Å². The van der Waals surface area contributed by atoms with E-state index >= 15 is 0 Å². The third-order valence-corrected chi connectivity index (χ3v) is 19.5. The number of halogens is 6. The van der Waals surface area contributed by atoms with Crippen molar-refractivity contribution >= 4 is 48.0 Å². The van der Waals surface area contributed by atoms with Crippen molar-refractivity contribution in [3.05, 3.63) is 120 Å². The van der Waals surface area contributed by atoms with Gasteiger partial charge in [-0.05, 0) is 0 Å². The molecule has 0 radical (unpaired) electrons. The summed E-state index contributed by atoms with van der Waals surface area (Å²) in [5.74, 6) is 0. The zero-order valence-corrected chi connectivity index (χ0v) is 25.5. The second-order valence-electron chi connectivity index (χ2n) is 9.99. The number of hydrogen-bond acceptors (Lipinski definition) is 4. The Bertz CT molecular complexity index is 1680. The van der Waals surface area contributed by atoms with Crippen LogP contribution in [0.4, 0.5) is 26.3 Å². The molecule has 0 aliphatic heterocycles. The fourth-order valence-corrected chi connectivity index (χ4v) is 18.9. The van der Waals surface area contributed by atoms with Gasteiger partial charge >= 0.3 is 246 Å². The molecular weight excluding hydrogens is 635 g/mol. The molecule has 0 fully saturated rings. The van der Waals surface area contributed by atoms with Crippen LogP contribution in [-0.4, -0.2) is 31.3 Å². The summed E-state index contributed by atoms with van der Waals surface area (Å²) in [5, 5.41) is -1.52. The maximum absolute atomic E-state index is 14.7. The van der Waals surface area contributed by atoms with Gasteiger partial charge in [-0.3, -0.25) is 0 Å². The first kappa shape index (κ1) is 32.7. The van der Waals surface area contributed by atoms with Crippen LogP contribution in [0.3, 0.4) is 0 Å². The Morgan fingerprint density at radius 1 is 0.465 bits per heavy atom. The van der Waals surface area contributed by atoms with Crippen molar-refractivity contribution in [2.24, 2.45) is 0 Å². The van der Waals surface area contributed by atoms with Crippen LogP contribution in [0.1, 0.15) is 16.7 Å². The average Bonchev–Trinajstić information content (AvgIpc) is 2.92. The molecule has 5 nitrogen and oxygen atoms in total. The monoisotopic (exact) mass is 661 g/mol. The normalized spacial score (nSPS) is 14.3. The molecule has 0 saturated heterocycles. The number of alkyl halides is 6. The standard InChI is InChI=1S/C29H26F6NO4PS2/c1-21-9-15-25(16-10-21)41(24-7-5-4-6-8-24,26-17-11-22(2)12-18-26,27-19-13-23(3)14-20-27)36(42(37,38)28(30,31)32)43(39,40)29(33,34)35/h4-20H,1-3H3. The molecule has 0 atom stereocenters. The van der Waals surface area contributed by atoms with E-state index in [1.165, 1.54) is 91.0 Å². The number of sulfonamides is 2. The van der Waals surface area contributed by atoms with Gasteiger partial charge in [0.15, 0.2) is 0 Å². The number of hydrogen-bond donors (Lipinski definition) is 0. The number of aryl methyl sites for hydroxylation is 3. The van der Waals surface area contributed by atoms with Crippen LogP contribution < -0.4 is 21.2 Å². The number of nitrogens with zero attached hydrogens (tertiary/aromatic N) is 1. The molecule has 0 heterocycles. The molecule has 0 aliphatic carbocycles. The number of rotatable bonds is 7. The molecule has 14 heteroatoms. The molecule has 0 unspecified atom stereocenters. The zero-order chi connectivity index (χ0) is 32.1. The predicted molar refractivity (Wildman–Crippen MR) is 157 cm³/mol. The summed E-state index contributed by atoms with van der Waals surface area (Å²) in [6.45, 7) is -1.56. The fraction of sp³-hybridized carbons (Fsp3) is 0.172. The summed E-state index contributed by atoms with van der Waals surface area (Å²) in [5.41, 5.74) is -11.3. The van der Waals surface area contributed by atoms with Gasteiger partial charge in [0, 0.05) is 0 Å². The summed E-state index contributed by atoms with van der Waals surface area (Å²) >= 11 is 0. The van der Waals surface area contributed by atoms with Crippen molar-refractivity contribution in [2.75, 3.05) is 0 Å². The SMILES string of the molecule is Cc1ccc(P(c2ccccc2)(c2ccc(C)cc2)(c2ccc(C)cc2)N(S(=O)(=O)C(F)(F)F)S(=O)(=O)C(F)(F)F)cc1. The van der Waals surface area contributed by atoms with Gasteiger partial charge in [0.1, 0.15) is 0 Å². The van der Waals surface area contributed by atoms with E-state index in [-0.39, 0.29) is 21.2 Å². The molecule has 43 heavy (non-hydrogen) atoms. The molecule has 4 aromatic carbocycles. The fourth-order valence-electron chi connectivity index (χ4n) is 5.23. The van der Waals surface area contributed by atoms with Crippen LogP contribution in [0.25, 0.3) is 0 Å². The molecule has 0 N–H and O–H groups in total. The molecular formula is C29H26F6NO4PS2. The Morgan fingerprint density at radius 2 is 0.721 bits per heavy atom. The van der Waals surface area contributed by atoms with E-state index in [2.05, 4.69) is 0 Å². The minimum atomic E-state index is -7.33. The van der Waals surface area contributed by atoms with E-state index in [1.807, 2.05) is 0 Å². The van der Waals surface area contributed by atoms with E-state index in [1.54, 1.807) is 20.8 Å². The third kappa shape index (κ3) is 4.77. The van der Waals surface area contributed by atoms with Gasteiger partial charge < -0.3 is 0 Å². The first-order chi connectivity index (χ1) is 19.8. The minimum absolute atomic E-state index is 0.379. The number of benzene rings is 4. The van der Waals surface area contributed by atoms with Gasteiger partial charge in [-0.2, -0.15) is 0 Å². The van der Waals surface area contributed by atoms with Crippen LogP contribution in [0.15, 0.2) is 103 Å². The van der Waals surface area contributed by atoms with Crippen molar-refractivity contribution in [3.8, 4) is 0 Å². The van der Waals surface area contributed by atoms with E-state index < -0.39 is 41.3 Å². The summed E-state index contributed by atoms with van der Waals surface area (Å²) in [4.78, 5) is 0. The van der Waals surface area contributed by atoms with Crippen LogP contribution in [-0.2, 0) is 20.0 Å². The molecule has 4 aromatic rings. The van der Waals surface area contributed by atoms with Gasteiger partial charge in [0.05, 0.1) is 0 Å². The van der Waals surface area contributed by atoms with Crippen LogP contribution in [0.5, 0.6) is 0 Å². The van der Waals surface area contributed by atoms with Gasteiger partial charge in [-0.25, -0.2) is 0 Å². The maximum atomic E-state index is 14.7. The molecule has 0 amide bonds. The van der Waals surface area contributed by atoms with E-state index in [4.69, 9.17) is 0 Å². The van der Waals surface area contributed by atoms with Gasteiger partial charge in [-0.1, -0.05) is 0 Å². The van der Waals surface area contributed by atoms with Gasteiger partial charge in [0.25, 0.3) is 0 Å². The second-order valence-corrected chi connectivity index (χ2v) is 18.9. The molecule has 0 aliphatic rings. The molecule has 0 spiro atoms. The first-order valence-electron chi connectivity index (χ1n) is 12.5. The second kappa shape index (κ2) is 10.7. The van der Waals surface area contributed by atoms with Crippen molar-refractivity contribution in [1.29, 1.82) is 0 Å². The Hall–Kier alpha value is -3.25. The molecule has 230 valence electrons. The van der Waals surface area contributed by atoms with E-state index in [0.29, 0.717) is 16.7 Å². The molecule has 0 aromatic heterocycles. The Morgan fingerprint density at radius 3 is 0.977 bits per heavy atom. The summed E-state index contributed by atoms with van der Waals surface area (Å²) < 4.78 is 142. The predicted octanol–water partition coefficient (Wildman–Crippen LogP) is 5.68. The van der Waals surface area contributed by atoms with Crippen LogP contribution >= 0.6 is 6.75 Å². The first-order valence-corrected chi connectivity index (χ1v) is 17.6. The van der Waals surface area contributed by atoms with Crippen molar-refractivity contribution in [1.82, 2.24) is 3.48 Å². The van der Waals surface area contributed by atoms with Crippen LogP contribution in [0, 0.1) is 20.8 Å². The van der Waals surface area contributed by atoms with Gasteiger partial charge in [0.2, 0.25) is 0 Å². The average molecular weight is 662 g/mol. The third-order valence-electron chi connectivity index (χ3n) is 7.19. The van der Waals surface area contributed by atoms with E-state index in [9.17, 15) is 43.2 Å². The van der Waals surface area contributed by atoms with Crippen molar-refractivity contribution < 1.29 is 43.2 Å². The van der Waals surface area contributed by atoms with E-state index in [0.717, 1.165) is 12.1 Å². The Labute approximate surface area is 245 Å². The molecule has 4 rings (SSSR count). The zero-order valence-electron chi connectivity index (χ0n) is 22.9. The molecule has 0 bridgehead atoms. The van der Waals surface area contributed by atoms with Gasteiger partial charge in [-0.15, -0.1) is 0 Å². The molecule has 0 saturated carbocycles. The Balaban J connectivity index is 2.60. The summed E-state index contributed by atoms with van der Waals surface area (Å²) in [7, 11) is -14.7. The van der Waals surface area contributed by atoms with Crippen molar-refractivity contribution in [3.63, 3.8) is 0 Å². The van der Waals surface area contributed by atoms with Crippen LogP contribution in [0.2, 0.25) is 0 Å². The topological polar surface area (TPSA) is 71.5 Å². The summed E-state index contributed by atoms with van der Waals surface area (Å²) in [6, 6.07) is 21.7.